The Morgan fingerprint density at radius 3 is 2.69 bits per heavy atom. The van der Waals surface area contributed by atoms with E-state index in [1.807, 2.05) is 36.9 Å². The van der Waals surface area contributed by atoms with Gasteiger partial charge in [-0.25, -0.2) is 0 Å². The minimum Gasteiger partial charge on any atom is -0.490 e. The Morgan fingerprint density at radius 2 is 1.97 bits per heavy atom. The minimum atomic E-state index is -0.829. The molecule has 0 unspecified atom stereocenters. The molecule has 1 spiro atoms. The van der Waals surface area contributed by atoms with Crippen LogP contribution in [0.2, 0.25) is 0 Å². The predicted molar refractivity (Wildman–Crippen MR) is 131 cm³/mol. The zero-order valence-electron chi connectivity index (χ0n) is 21.1. The number of nitrogens with zero attached hydrogens (tertiary/aromatic N) is 1. The van der Waals surface area contributed by atoms with Crippen LogP contribution in [0.3, 0.4) is 0 Å². The average molecular weight is 486 g/mol. The third-order valence-electron chi connectivity index (χ3n) is 8.80. The van der Waals surface area contributed by atoms with E-state index in [0.717, 1.165) is 37.4 Å². The Hall–Kier alpha value is -2.28. The topological polar surface area (TPSA) is 85.3 Å². The fourth-order valence-corrected chi connectivity index (χ4v) is 6.84. The minimum absolute atomic E-state index is 0.00992. The van der Waals surface area contributed by atoms with E-state index in [2.05, 4.69) is 0 Å². The van der Waals surface area contributed by atoms with Gasteiger partial charge in [-0.3, -0.25) is 9.59 Å². The number of carboxylic acids is 1. The number of carbonyl (C=O) groups is 2. The van der Waals surface area contributed by atoms with Crippen molar-refractivity contribution in [1.82, 2.24) is 4.90 Å². The third-order valence-corrected chi connectivity index (χ3v) is 8.80. The van der Waals surface area contributed by atoms with Crippen molar-refractivity contribution in [2.75, 3.05) is 26.3 Å². The van der Waals surface area contributed by atoms with E-state index < -0.39 is 11.6 Å². The van der Waals surface area contributed by atoms with Gasteiger partial charge in [-0.2, -0.15) is 0 Å². The van der Waals surface area contributed by atoms with Gasteiger partial charge in [-0.1, -0.05) is 37.8 Å². The molecule has 192 valence electrons. The maximum atomic E-state index is 12.8. The summed E-state index contributed by atoms with van der Waals surface area (Å²) in [6.07, 6.45) is 7.95. The van der Waals surface area contributed by atoms with Crippen LogP contribution in [-0.4, -0.2) is 53.8 Å². The van der Waals surface area contributed by atoms with Crippen molar-refractivity contribution >= 4 is 11.9 Å². The van der Waals surface area contributed by atoms with Gasteiger partial charge in [-0.15, -0.1) is 0 Å². The first kappa shape index (κ1) is 24.4. The van der Waals surface area contributed by atoms with Crippen LogP contribution < -0.4 is 9.47 Å². The average Bonchev–Trinajstić information content (AvgIpc) is 3.34. The summed E-state index contributed by atoms with van der Waals surface area (Å²) in [6, 6.07) is 5.89. The van der Waals surface area contributed by atoms with E-state index in [4.69, 9.17) is 14.2 Å². The highest BCUT2D eigenvalue weighted by molar-refractivity contribution is 5.77. The molecule has 1 saturated carbocycles. The molecule has 4 aliphatic rings. The zero-order valence-corrected chi connectivity index (χ0v) is 21.1. The van der Waals surface area contributed by atoms with E-state index >= 15 is 0 Å². The number of rotatable bonds is 8. The summed E-state index contributed by atoms with van der Waals surface area (Å²) < 4.78 is 19.0. The van der Waals surface area contributed by atoms with Gasteiger partial charge in [0, 0.05) is 42.8 Å². The van der Waals surface area contributed by atoms with Gasteiger partial charge >= 0.3 is 5.97 Å². The SMILES string of the molecule is CCOc1cccc2c1O[C@@](C)(CCC(=O)O)[C@H]1CC3(CO[C@H]21)CN(C(=O)CCC1CCCC1)C3. The van der Waals surface area contributed by atoms with Crippen molar-refractivity contribution in [3.05, 3.63) is 23.8 Å². The van der Waals surface area contributed by atoms with Crippen molar-refractivity contribution in [3.8, 4) is 11.5 Å². The molecule has 5 rings (SSSR count). The number of carboxylic acid groups (broad SMARTS) is 1. The number of amides is 1. The number of carbonyl (C=O) groups excluding carboxylic acids is 1. The normalized spacial score (nSPS) is 29.1. The van der Waals surface area contributed by atoms with Crippen molar-refractivity contribution in [1.29, 1.82) is 0 Å². The summed E-state index contributed by atoms with van der Waals surface area (Å²) in [7, 11) is 0. The molecule has 3 fully saturated rings. The smallest absolute Gasteiger partial charge is 0.303 e. The van der Waals surface area contributed by atoms with Crippen LogP contribution in [0.25, 0.3) is 0 Å². The standard InChI is InChI=1S/C28H39NO6/c1-3-33-22-10-6-9-20-25-21(27(2,35-26(20)22)14-13-24(31)32)15-28(18-34-25)16-29(17-28)23(30)12-11-19-7-4-5-8-19/h6,9-10,19,21,25H,3-5,7-8,11-18H2,1-2H3,(H,31,32)/t21-,25+,27-/m0/s1. The Labute approximate surface area is 208 Å². The maximum absolute atomic E-state index is 12.8. The van der Waals surface area contributed by atoms with E-state index in [9.17, 15) is 14.7 Å². The second-order valence-corrected chi connectivity index (χ2v) is 11.4. The predicted octanol–water partition coefficient (Wildman–Crippen LogP) is 4.98. The van der Waals surface area contributed by atoms with Gasteiger partial charge in [0.15, 0.2) is 11.5 Å². The molecular weight excluding hydrogens is 446 g/mol. The quantitative estimate of drug-likeness (QED) is 0.559. The Balaban J connectivity index is 1.31. The number of hydrogen-bond donors (Lipinski definition) is 1. The van der Waals surface area contributed by atoms with E-state index in [-0.39, 0.29) is 29.8 Å². The molecule has 35 heavy (non-hydrogen) atoms. The molecule has 1 aliphatic carbocycles. The Morgan fingerprint density at radius 1 is 1.20 bits per heavy atom. The molecule has 0 aromatic heterocycles. The third kappa shape index (κ3) is 4.76. The molecule has 1 amide bonds. The molecule has 7 nitrogen and oxygen atoms in total. The van der Waals surface area contributed by atoms with Crippen molar-refractivity contribution in [2.45, 2.75) is 83.3 Å². The fourth-order valence-electron chi connectivity index (χ4n) is 6.84. The summed E-state index contributed by atoms with van der Waals surface area (Å²) >= 11 is 0. The largest absolute Gasteiger partial charge is 0.490 e. The Kier molecular flexibility index (Phi) is 6.73. The Bertz CT molecular complexity index is 951. The summed E-state index contributed by atoms with van der Waals surface area (Å²) in [5.41, 5.74) is 0.212. The number of ether oxygens (including phenoxy) is 3. The van der Waals surface area contributed by atoms with Gasteiger partial charge in [0.05, 0.1) is 19.3 Å². The first-order valence-corrected chi connectivity index (χ1v) is 13.4. The van der Waals surface area contributed by atoms with Crippen LogP contribution in [0.4, 0.5) is 0 Å². The number of fused-ring (bicyclic) bond motifs is 3. The van der Waals surface area contributed by atoms with Crippen molar-refractivity contribution in [2.24, 2.45) is 17.3 Å². The summed E-state index contributed by atoms with van der Waals surface area (Å²) in [4.78, 5) is 26.3. The van der Waals surface area contributed by atoms with Gasteiger partial charge in [-0.05, 0) is 45.1 Å². The molecule has 3 heterocycles. The van der Waals surface area contributed by atoms with Crippen LogP contribution in [-0.2, 0) is 14.3 Å². The van der Waals surface area contributed by atoms with Gasteiger partial charge in [0.25, 0.3) is 0 Å². The second-order valence-electron chi connectivity index (χ2n) is 11.4. The molecular formula is C28H39NO6. The van der Waals surface area contributed by atoms with Crippen LogP contribution in [0.1, 0.15) is 83.3 Å². The first-order valence-electron chi connectivity index (χ1n) is 13.4. The lowest BCUT2D eigenvalue weighted by Gasteiger charge is -2.59. The van der Waals surface area contributed by atoms with Crippen LogP contribution >= 0.6 is 0 Å². The molecule has 1 N–H and O–H groups in total. The van der Waals surface area contributed by atoms with E-state index in [1.165, 1.54) is 25.7 Å². The molecule has 1 aromatic rings. The summed E-state index contributed by atoms with van der Waals surface area (Å²) in [5, 5.41) is 9.42. The lowest BCUT2D eigenvalue weighted by atomic mass is 9.63. The molecule has 0 bridgehead atoms. The number of benzene rings is 1. The van der Waals surface area contributed by atoms with Crippen LogP contribution in [0.5, 0.6) is 11.5 Å². The highest BCUT2D eigenvalue weighted by atomic mass is 16.5. The van der Waals surface area contributed by atoms with Gasteiger partial charge < -0.3 is 24.2 Å². The number of aliphatic carboxylic acids is 1. The monoisotopic (exact) mass is 485 g/mol. The van der Waals surface area contributed by atoms with Crippen molar-refractivity contribution in [3.63, 3.8) is 0 Å². The van der Waals surface area contributed by atoms with Crippen molar-refractivity contribution < 1.29 is 28.9 Å². The highest BCUT2D eigenvalue weighted by Gasteiger charge is 2.58. The number of hydrogen-bond acceptors (Lipinski definition) is 5. The lowest BCUT2D eigenvalue weighted by Crippen LogP contribution is -2.65. The number of likely N-dealkylation sites (tertiary alicyclic amines) is 1. The molecule has 3 atom stereocenters. The van der Waals surface area contributed by atoms with E-state index in [0.29, 0.717) is 37.6 Å². The molecule has 0 radical (unpaired) electrons. The molecule has 2 saturated heterocycles. The highest BCUT2D eigenvalue weighted by Crippen LogP contribution is 2.58. The molecule has 3 aliphatic heterocycles. The first-order chi connectivity index (χ1) is 16.8. The molecule has 1 aromatic carbocycles. The lowest BCUT2D eigenvalue weighted by molar-refractivity contribution is -0.206. The fraction of sp³-hybridized carbons (Fsp3) is 0.714. The van der Waals surface area contributed by atoms with Gasteiger partial charge in [0.1, 0.15) is 5.60 Å². The maximum Gasteiger partial charge on any atom is 0.303 e. The zero-order chi connectivity index (χ0) is 24.6. The second kappa shape index (κ2) is 9.64. The van der Waals surface area contributed by atoms with Crippen LogP contribution in [0, 0.1) is 17.3 Å². The van der Waals surface area contributed by atoms with Gasteiger partial charge in [0.2, 0.25) is 5.91 Å². The van der Waals surface area contributed by atoms with Crippen LogP contribution in [0.15, 0.2) is 18.2 Å². The molecule has 7 heteroatoms. The summed E-state index contributed by atoms with van der Waals surface area (Å²) in [6.45, 7) is 6.53. The van der Waals surface area contributed by atoms with E-state index in [1.54, 1.807) is 0 Å². The summed E-state index contributed by atoms with van der Waals surface area (Å²) in [5.74, 6) is 1.53. The number of para-hydroxylation sites is 1.